The van der Waals surface area contributed by atoms with Crippen molar-refractivity contribution in [2.45, 2.75) is 37.5 Å². The Morgan fingerprint density at radius 2 is 2.05 bits per heavy atom. The highest BCUT2D eigenvalue weighted by Gasteiger charge is 2.41. The van der Waals surface area contributed by atoms with Crippen LogP contribution in [0.15, 0.2) is 12.4 Å². The van der Waals surface area contributed by atoms with E-state index in [1.54, 1.807) is 0 Å². The number of nitrogens with one attached hydrogen (secondary N) is 1. The van der Waals surface area contributed by atoms with Gasteiger partial charge >= 0.3 is 6.18 Å². The van der Waals surface area contributed by atoms with Gasteiger partial charge in [-0.15, -0.1) is 0 Å². The van der Waals surface area contributed by atoms with Crippen LogP contribution in [0.3, 0.4) is 0 Å². The molecule has 22 heavy (non-hydrogen) atoms. The van der Waals surface area contributed by atoms with Crippen molar-refractivity contribution in [3.63, 3.8) is 0 Å². The lowest BCUT2D eigenvalue weighted by atomic mass is 9.96. The fourth-order valence-corrected chi connectivity index (χ4v) is 2.07. The molecular weight excluding hydrogens is 307 g/mol. The van der Waals surface area contributed by atoms with Crippen molar-refractivity contribution in [3.8, 4) is 0 Å². The maximum atomic E-state index is 12.5. The van der Waals surface area contributed by atoms with Gasteiger partial charge in [0.1, 0.15) is 24.1 Å². The molecule has 10 heteroatoms. The molecular formula is C12H14F3N3O4. The number of aliphatic hydroxyl groups is 2. The summed E-state index contributed by atoms with van der Waals surface area (Å²) in [6, 6.07) is -0.927. The van der Waals surface area contributed by atoms with E-state index in [2.05, 4.69) is 15.3 Å². The van der Waals surface area contributed by atoms with E-state index in [1.807, 2.05) is 0 Å². The molecule has 1 fully saturated rings. The van der Waals surface area contributed by atoms with E-state index in [4.69, 9.17) is 4.74 Å². The van der Waals surface area contributed by atoms with E-state index in [0.717, 1.165) is 6.20 Å². The number of anilines is 1. The van der Waals surface area contributed by atoms with E-state index >= 15 is 0 Å². The van der Waals surface area contributed by atoms with Gasteiger partial charge in [-0.2, -0.15) is 13.2 Å². The highest BCUT2D eigenvalue weighted by molar-refractivity contribution is 5.81. The van der Waals surface area contributed by atoms with Crippen LogP contribution < -0.4 is 5.32 Å². The summed E-state index contributed by atoms with van der Waals surface area (Å²) in [7, 11) is 0. The number of rotatable bonds is 3. The van der Waals surface area contributed by atoms with Crippen LogP contribution in [-0.2, 0) is 15.7 Å². The maximum absolute atomic E-state index is 12.5. The second-order valence-corrected chi connectivity index (χ2v) is 4.88. The largest absolute Gasteiger partial charge is 0.434 e. The summed E-state index contributed by atoms with van der Waals surface area (Å²) in [4.78, 5) is 18.0. The third kappa shape index (κ3) is 3.51. The van der Waals surface area contributed by atoms with Crippen molar-refractivity contribution in [3.05, 3.63) is 18.1 Å². The maximum Gasteiger partial charge on any atom is 0.434 e. The number of hydrogen-bond acceptors (Lipinski definition) is 7. The normalized spacial score (nSPS) is 29.2. The lowest BCUT2D eigenvalue weighted by Crippen LogP contribution is -2.57. The smallest absolute Gasteiger partial charge is 0.388 e. The van der Waals surface area contributed by atoms with Crippen molar-refractivity contribution < 1.29 is 32.9 Å². The third-order valence-corrected chi connectivity index (χ3v) is 3.19. The van der Waals surface area contributed by atoms with E-state index in [-0.39, 0.29) is 12.4 Å². The van der Waals surface area contributed by atoms with Crippen LogP contribution in [0, 0.1) is 0 Å². The van der Waals surface area contributed by atoms with Crippen LogP contribution in [0.2, 0.25) is 0 Å². The number of Topliss-reactive ketones (excluding diaryl/α,β-unsaturated/α-hetero) is 1. The highest BCUT2D eigenvalue weighted by atomic mass is 19.4. The molecule has 1 saturated heterocycles. The Morgan fingerprint density at radius 3 is 2.64 bits per heavy atom. The number of alkyl halides is 3. The molecule has 2 rings (SSSR count). The van der Waals surface area contributed by atoms with E-state index < -0.39 is 42.0 Å². The number of nitrogens with zero attached hydrogens (tertiary/aromatic N) is 2. The zero-order valence-electron chi connectivity index (χ0n) is 11.4. The van der Waals surface area contributed by atoms with Gasteiger partial charge in [0, 0.05) is 0 Å². The first-order chi connectivity index (χ1) is 10.2. The Balaban J connectivity index is 2.10. The second kappa shape index (κ2) is 6.15. The van der Waals surface area contributed by atoms with Gasteiger partial charge in [0.2, 0.25) is 0 Å². The van der Waals surface area contributed by atoms with Gasteiger partial charge in [-0.1, -0.05) is 0 Å². The average Bonchev–Trinajstić information content (AvgIpc) is 2.43. The Bertz CT molecular complexity index is 555. The van der Waals surface area contributed by atoms with Gasteiger partial charge in [-0.3, -0.25) is 9.78 Å². The number of hydrogen-bond donors (Lipinski definition) is 3. The molecule has 1 unspecified atom stereocenters. The Morgan fingerprint density at radius 1 is 1.36 bits per heavy atom. The predicted octanol–water partition coefficient (Wildman–Crippen LogP) is -0.0145. The van der Waals surface area contributed by atoms with Crippen molar-refractivity contribution in [1.29, 1.82) is 0 Å². The zero-order chi connectivity index (χ0) is 16.5. The van der Waals surface area contributed by atoms with Gasteiger partial charge < -0.3 is 20.3 Å². The van der Waals surface area contributed by atoms with Crippen LogP contribution in [-0.4, -0.2) is 56.9 Å². The van der Waals surface area contributed by atoms with Crippen molar-refractivity contribution in [1.82, 2.24) is 9.97 Å². The lowest BCUT2D eigenvalue weighted by Gasteiger charge is -2.37. The SMILES string of the molecule is CC(=O)C1OC[C@H](Nc2cncc(C(F)(F)F)n2)[C@@H](O)[C@H]1O. The molecule has 1 aliphatic rings. The molecule has 0 saturated carbocycles. The number of ketones is 1. The first-order valence-electron chi connectivity index (χ1n) is 6.34. The summed E-state index contributed by atoms with van der Waals surface area (Å²) in [5, 5.41) is 22.2. The Kier molecular flexibility index (Phi) is 4.63. The molecule has 1 aromatic rings. The van der Waals surface area contributed by atoms with Crippen LogP contribution in [0.1, 0.15) is 12.6 Å². The summed E-state index contributed by atoms with van der Waals surface area (Å²) in [5.74, 6) is -0.681. The zero-order valence-corrected chi connectivity index (χ0v) is 11.4. The fourth-order valence-electron chi connectivity index (χ4n) is 2.07. The molecule has 3 N–H and O–H groups in total. The second-order valence-electron chi connectivity index (χ2n) is 4.88. The topological polar surface area (TPSA) is 105 Å². The summed E-state index contributed by atoms with van der Waals surface area (Å²) < 4.78 is 42.7. The van der Waals surface area contributed by atoms with Crippen molar-refractivity contribution >= 4 is 11.6 Å². The average molecular weight is 321 g/mol. The quantitative estimate of drug-likeness (QED) is 0.719. The first kappa shape index (κ1) is 16.6. The minimum absolute atomic E-state index is 0.180. The van der Waals surface area contributed by atoms with Crippen LogP contribution in [0.25, 0.3) is 0 Å². The fraction of sp³-hybridized carbons (Fsp3) is 0.583. The monoisotopic (exact) mass is 321 g/mol. The van der Waals surface area contributed by atoms with Gasteiger partial charge in [0.15, 0.2) is 11.5 Å². The van der Waals surface area contributed by atoms with Gasteiger partial charge in [0.05, 0.1) is 25.0 Å². The number of ether oxygens (including phenoxy) is 1. The molecule has 4 atom stereocenters. The molecule has 0 spiro atoms. The molecule has 0 aromatic carbocycles. The minimum atomic E-state index is -4.65. The van der Waals surface area contributed by atoms with Gasteiger partial charge in [-0.25, -0.2) is 4.98 Å². The van der Waals surface area contributed by atoms with Crippen LogP contribution in [0.4, 0.5) is 19.0 Å². The summed E-state index contributed by atoms with van der Waals surface area (Å²) >= 11 is 0. The molecule has 0 bridgehead atoms. The Labute approximate surface area is 123 Å². The lowest BCUT2D eigenvalue weighted by molar-refractivity contribution is -0.161. The van der Waals surface area contributed by atoms with Gasteiger partial charge in [0.25, 0.3) is 0 Å². The summed E-state index contributed by atoms with van der Waals surface area (Å²) in [5.41, 5.74) is -1.19. The summed E-state index contributed by atoms with van der Waals surface area (Å²) in [6.45, 7) is 1.02. The first-order valence-corrected chi connectivity index (χ1v) is 6.34. The van der Waals surface area contributed by atoms with E-state index in [1.165, 1.54) is 6.92 Å². The van der Waals surface area contributed by atoms with Gasteiger partial charge in [-0.05, 0) is 6.92 Å². The van der Waals surface area contributed by atoms with E-state index in [0.29, 0.717) is 6.20 Å². The number of halogens is 3. The number of aliphatic hydroxyl groups excluding tert-OH is 2. The third-order valence-electron chi connectivity index (χ3n) is 3.19. The van der Waals surface area contributed by atoms with Crippen LogP contribution >= 0.6 is 0 Å². The van der Waals surface area contributed by atoms with Crippen molar-refractivity contribution in [2.75, 3.05) is 11.9 Å². The molecule has 0 radical (unpaired) electrons. The number of aromatic nitrogens is 2. The molecule has 0 amide bonds. The molecule has 122 valence electrons. The molecule has 1 aliphatic heterocycles. The van der Waals surface area contributed by atoms with E-state index in [9.17, 15) is 28.2 Å². The number of carbonyl (C=O) groups excluding carboxylic acids is 1. The summed E-state index contributed by atoms with van der Waals surface area (Å²) in [6.07, 6.45) is -7.08. The minimum Gasteiger partial charge on any atom is -0.388 e. The Hall–Kier alpha value is -1.78. The highest BCUT2D eigenvalue weighted by Crippen LogP contribution is 2.28. The van der Waals surface area contributed by atoms with Crippen LogP contribution in [0.5, 0.6) is 0 Å². The molecule has 7 nitrogen and oxygen atoms in total. The molecule has 2 heterocycles. The molecule has 1 aromatic heterocycles. The van der Waals surface area contributed by atoms with Crippen molar-refractivity contribution in [2.24, 2.45) is 0 Å². The standard InChI is InChI=1S/C12H14F3N3O4/c1-5(19)11-10(21)9(20)6(4-22-11)17-8-3-16-2-7(18-8)12(13,14)15/h2-3,6,9-11,20-21H,4H2,1H3,(H,17,18)/t6-,9+,10+,11?/m0/s1. The predicted molar refractivity (Wildman–Crippen MR) is 66.9 cm³/mol. The molecule has 0 aliphatic carbocycles. The number of carbonyl (C=O) groups is 1.